The van der Waals surface area contributed by atoms with Gasteiger partial charge < -0.3 is 19.5 Å². The number of piperidine rings is 1. The van der Waals surface area contributed by atoms with E-state index in [-0.39, 0.29) is 0 Å². The highest BCUT2D eigenvalue weighted by molar-refractivity contribution is 7.85. The molecular weight excluding hydrogens is 388 g/mol. The number of aromatic nitrogens is 4. The van der Waals surface area contributed by atoms with Crippen molar-refractivity contribution in [3.63, 3.8) is 0 Å². The van der Waals surface area contributed by atoms with Crippen LogP contribution in [-0.4, -0.2) is 61.8 Å². The van der Waals surface area contributed by atoms with Gasteiger partial charge in [-0.3, -0.25) is 4.21 Å². The zero-order chi connectivity index (χ0) is 19.8. The molecule has 3 aliphatic rings. The first-order chi connectivity index (χ1) is 14.2. The maximum atomic E-state index is 12.6. The molecule has 5 rings (SSSR count). The van der Waals surface area contributed by atoms with Crippen LogP contribution in [0.25, 0.3) is 0 Å². The molecule has 3 aliphatic heterocycles. The van der Waals surface area contributed by atoms with Crippen LogP contribution in [0.5, 0.6) is 0 Å². The minimum absolute atomic E-state index is 0.322. The van der Waals surface area contributed by atoms with Crippen LogP contribution in [0.2, 0.25) is 0 Å². The number of fused-ring (bicyclic) bond motifs is 1. The Hall–Kier alpha value is -2.00. The van der Waals surface area contributed by atoms with Crippen LogP contribution in [-0.2, 0) is 29.0 Å². The molecule has 9 heteroatoms. The Morgan fingerprint density at radius 1 is 1.17 bits per heavy atom. The lowest BCUT2D eigenvalue weighted by atomic mass is 9.94. The van der Waals surface area contributed by atoms with E-state index in [4.69, 9.17) is 14.7 Å². The number of anilines is 2. The molecule has 0 bridgehead atoms. The molecule has 0 spiro atoms. The van der Waals surface area contributed by atoms with Crippen molar-refractivity contribution < 1.29 is 8.95 Å². The predicted octanol–water partition coefficient (Wildman–Crippen LogP) is 1.85. The summed E-state index contributed by atoms with van der Waals surface area (Å²) in [6.07, 6.45) is 8.77. The van der Waals surface area contributed by atoms with Gasteiger partial charge in [0.05, 0.1) is 28.5 Å². The first kappa shape index (κ1) is 19.0. The molecule has 2 fully saturated rings. The molecule has 5 heterocycles. The Morgan fingerprint density at radius 3 is 2.69 bits per heavy atom. The van der Waals surface area contributed by atoms with Crippen LogP contribution in [0.4, 0.5) is 11.8 Å². The van der Waals surface area contributed by atoms with E-state index in [0.717, 1.165) is 80.8 Å². The van der Waals surface area contributed by atoms with Gasteiger partial charge in [-0.25, -0.2) is 9.97 Å². The average Bonchev–Trinajstić information content (AvgIpc) is 3.35. The molecule has 156 valence electrons. The van der Waals surface area contributed by atoms with Gasteiger partial charge in [0.25, 0.3) is 0 Å². The Bertz CT molecular complexity index is 902. The first-order valence-corrected chi connectivity index (χ1v) is 11.9. The second kappa shape index (κ2) is 8.02. The molecule has 1 unspecified atom stereocenters. The highest BCUT2D eigenvalue weighted by Gasteiger charge is 2.30. The SMILES string of the molecule is Cn1cnc(C2CCN(c3nc4c(c(NC5CCOCC5)n3)S(=O)CC4)CC2)c1. The fraction of sp³-hybridized carbons (Fsp3) is 0.650. The highest BCUT2D eigenvalue weighted by atomic mass is 32.2. The molecule has 1 atom stereocenters. The van der Waals surface area contributed by atoms with Crippen molar-refractivity contribution in [3.05, 3.63) is 23.9 Å². The number of imidazole rings is 1. The van der Waals surface area contributed by atoms with Gasteiger partial charge in [0.2, 0.25) is 5.95 Å². The van der Waals surface area contributed by atoms with Gasteiger partial charge in [0, 0.05) is 63.7 Å². The lowest BCUT2D eigenvalue weighted by Gasteiger charge is -2.32. The first-order valence-electron chi connectivity index (χ1n) is 10.5. The molecule has 29 heavy (non-hydrogen) atoms. The third kappa shape index (κ3) is 3.90. The van der Waals surface area contributed by atoms with Gasteiger partial charge in [0.1, 0.15) is 10.7 Å². The maximum Gasteiger partial charge on any atom is 0.227 e. The molecule has 2 aromatic rings. The minimum Gasteiger partial charge on any atom is -0.381 e. The standard InChI is InChI=1S/C20H28N6O2S/c1-25-12-17(21-13-25)14-2-7-26(8-3-14)20-23-16-6-11-29(27)18(16)19(24-20)22-15-4-9-28-10-5-15/h12-15H,2-11H2,1H3,(H,22,23,24). The van der Waals surface area contributed by atoms with Crippen LogP contribution in [0, 0.1) is 0 Å². The third-order valence-electron chi connectivity index (χ3n) is 6.16. The summed E-state index contributed by atoms with van der Waals surface area (Å²) in [4.78, 5) is 17.3. The molecule has 1 N–H and O–H groups in total. The molecule has 0 saturated carbocycles. The summed E-state index contributed by atoms with van der Waals surface area (Å²) in [5.41, 5.74) is 2.13. The fourth-order valence-electron chi connectivity index (χ4n) is 4.48. The Labute approximate surface area is 173 Å². The number of rotatable bonds is 4. The van der Waals surface area contributed by atoms with Crippen LogP contribution in [0.15, 0.2) is 17.4 Å². The molecule has 0 aromatic carbocycles. The van der Waals surface area contributed by atoms with Crippen molar-refractivity contribution in [1.29, 1.82) is 0 Å². The van der Waals surface area contributed by atoms with Gasteiger partial charge in [-0.15, -0.1) is 0 Å². The zero-order valence-corrected chi connectivity index (χ0v) is 17.7. The molecule has 2 saturated heterocycles. The van der Waals surface area contributed by atoms with E-state index >= 15 is 0 Å². The predicted molar refractivity (Wildman–Crippen MR) is 112 cm³/mol. The Balaban J connectivity index is 1.35. The van der Waals surface area contributed by atoms with Crippen LogP contribution < -0.4 is 10.2 Å². The number of nitrogens with zero attached hydrogens (tertiary/aromatic N) is 5. The van der Waals surface area contributed by atoms with Crippen LogP contribution >= 0.6 is 0 Å². The van der Waals surface area contributed by atoms with Gasteiger partial charge in [-0.1, -0.05) is 0 Å². The quantitative estimate of drug-likeness (QED) is 0.814. The summed E-state index contributed by atoms with van der Waals surface area (Å²) in [5.74, 6) is 2.70. The maximum absolute atomic E-state index is 12.6. The van der Waals surface area contributed by atoms with E-state index in [9.17, 15) is 4.21 Å². The largest absolute Gasteiger partial charge is 0.381 e. The smallest absolute Gasteiger partial charge is 0.227 e. The number of hydrogen-bond donors (Lipinski definition) is 1. The lowest BCUT2D eigenvalue weighted by molar-refractivity contribution is 0.0903. The fourth-order valence-corrected chi connectivity index (χ4v) is 5.79. The number of ether oxygens (including phenoxy) is 1. The Kier molecular flexibility index (Phi) is 5.26. The van der Waals surface area contributed by atoms with E-state index in [1.807, 2.05) is 17.9 Å². The van der Waals surface area contributed by atoms with Gasteiger partial charge >= 0.3 is 0 Å². The van der Waals surface area contributed by atoms with Crippen molar-refractivity contribution in [2.45, 2.75) is 49.0 Å². The van der Waals surface area contributed by atoms with Crippen molar-refractivity contribution in [2.24, 2.45) is 7.05 Å². The zero-order valence-electron chi connectivity index (χ0n) is 16.8. The Morgan fingerprint density at radius 2 is 1.97 bits per heavy atom. The molecule has 0 radical (unpaired) electrons. The highest BCUT2D eigenvalue weighted by Crippen LogP contribution is 2.33. The summed E-state index contributed by atoms with van der Waals surface area (Å²) in [5, 5.41) is 3.56. The number of hydrogen-bond acceptors (Lipinski definition) is 7. The van der Waals surface area contributed by atoms with Crippen LogP contribution in [0.3, 0.4) is 0 Å². The average molecular weight is 417 g/mol. The summed E-state index contributed by atoms with van der Waals surface area (Å²) in [6.45, 7) is 3.36. The topological polar surface area (TPSA) is 85.2 Å². The summed E-state index contributed by atoms with van der Waals surface area (Å²) in [7, 11) is 1.01. The number of aryl methyl sites for hydroxylation is 2. The van der Waals surface area contributed by atoms with Crippen molar-refractivity contribution in [2.75, 3.05) is 42.3 Å². The van der Waals surface area contributed by atoms with E-state index in [1.165, 1.54) is 5.69 Å². The second-order valence-electron chi connectivity index (χ2n) is 8.20. The molecule has 2 aromatic heterocycles. The van der Waals surface area contributed by atoms with Crippen molar-refractivity contribution in [3.8, 4) is 0 Å². The lowest BCUT2D eigenvalue weighted by Crippen LogP contribution is -2.35. The molecular formula is C20H28N6O2S. The van der Waals surface area contributed by atoms with Crippen molar-refractivity contribution in [1.82, 2.24) is 19.5 Å². The van der Waals surface area contributed by atoms with Crippen LogP contribution in [0.1, 0.15) is 43.0 Å². The monoisotopic (exact) mass is 416 g/mol. The summed E-state index contributed by atoms with van der Waals surface area (Å²) in [6, 6.07) is 0.322. The van der Waals surface area contributed by atoms with Gasteiger partial charge in [-0.2, -0.15) is 4.98 Å². The molecule has 0 amide bonds. The summed E-state index contributed by atoms with van der Waals surface area (Å²) >= 11 is 0. The van der Waals surface area contributed by atoms with E-state index in [2.05, 4.69) is 21.4 Å². The van der Waals surface area contributed by atoms with Gasteiger partial charge in [0.15, 0.2) is 0 Å². The van der Waals surface area contributed by atoms with Crippen molar-refractivity contribution >= 4 is 22.6 Å². The molecule has 8 nitrogen and oxygen atoms in total. The van der Waals surface area contributed by atoms with E-state index in [0.29, 0.717) is 17.7 Å². The normalized spacial score (nSPS) is 23.3. The third-order valence-corrected chi connectivity index (χ3v) is 7.62. The number of nitrogens with one attached hydrogen (secondary N) is 1. The summed E-state index contributed by atoms with van der Waals surface area (Å²) < 4.78 is 20.0. The van der Waals surface area contributed by atoms with E-state index < -0.39 is 10.8 Å². The van der Waals surface area contributed by atoms with Gasteiger partial charge in [-0.05, 0) is 25.7 Å². The second-order valence-corrected chi connectivity index (χ2v) is 9.71. The van der Waals surface area contributed by atoms with E-state index in [1.54, 1.807) is 0 Å². The minimum atomic E-state index is -1.00. The molecule has 0 aliphatic carbocycles.